The van der Waals surface area contributed by atoms with Gasteiger partial charge in [-0.15, -0.1) is 0 Å². The number of thioether (sulfide) groups is 1. The smallest absolute Gasteiger partial charge is 0.373 e. The lowest BCUT2D eigenvalue weighted by molar-refractivity contribution is -0.159. The van der Waals surface area contributed by atoms with Crippen LogP contribution in [0.5, 0.6) is 11.5 Å². The molecule has 0 heterocycles. The van der Waals surface area contributed by atoms with Crippen molar-refractivity contribution in [3.8, 4) is 11.5 Å². The Hall–Kier alpha value is -2.47. The highest BCUT2D eigenvalue weighted by molar-refractivity contribution is 8.12. The van der Waals surface area contributed by atoms with Crippen LogP contribution in [0.2, 0.25) is 0 Å². The molecule has 27 heavy (non-hydrogen) atoms. The normalized spacial score (nSPS) is 11.0. The molecule has 0 atom stereocenters. The van der Waals surface area contributed by atoms with Crippen LogP contribution >= 0.6 is 11.8 Å². The van der Waals surface area contributed by atoms with Crippen LogP contribution in [0.15, 0.2) is 48.5 Å². The van der Waals surface area contributed by atoms with E-state index in [1.807, 2.05) is 31.2 Å². The molecule has 2 rings (SSSR count). The zero-order valence-electron chi connectivity index (χ0n) is 16.0. The summed E-state index contributed by atoms with van der Waals surface area (Å²) in [6, 6.07) is 14.6. The lowest BCUT2D eigenvalue weighted by Crippen LogP contribution is -2.24. The zero-order valence-corrected chi connectivity index (χ0v) is 16.8. The Morgan fingerprint density at radius 2 is 1.52 bits per heavy atom. The molecule has 0 bridgehead atoms. The first-order valence-electron chi connectivity index (χ1n) is 8.54. The van der Waals surface area contributed by atoms with Crippen molar-refractivity contribution >= 4 is 23.0 Å². The van der Waals surface area contributed by atoms with Crippen LogP contribution in [0, 0.1) is 12.3 Å². The van der Waals surface area contributed by atoms with Gasteiger partial charge in [-0.25, -0.2) is 4.79 Å². The van der Waals surface area contributed by atoms with E-state index in [1.54, 1.807) is 45.0 Å². The first-order valence-corrected chi connectivity index (χ1v) is 9.53. The van der Waals surface area contributed by atoms with Crippen LogP contribution in [0.4, 0.5) is 4.79 Å². The number of carbonyl (C=O) groups is 2. The fourth-order valence-electron chi connectivity index (χ4n) is 1.92. The number of ether oxygens (including phenoxy) is 3. The Morgan fingerprint density at radius 1 is 0.926 bits per heavy atom. The molecule has 0 saturated carbocycles. The second kappa shape index (κ2) is 9.46. The molecule has 0 saturated heterocycles. The van der Waals surface area contributed by atoms with Gasteiger partial charge in [0, 0.05) is 5.75 Å². The van der Waals surface area contributed by atoms with E-state index in [4.69, 9.17) is 14.2 Å². The lowest BCUT2D eigenvalue weighted by Gasteiger charge is -2.16. The van der Waals surface area contributed by atoms with Crippen LogP contribution in [0.3, 0.4) is 0 Å². The van der Waals surface area contributed by atoms with Gasteiger partial charge in [-0.1, -0.05) is 29.8 Å². The van der Waals surface area contributed by atoms with Crippen LogP contribution in [0.1, 0.15) is 31.9 Å². The van der Waals surface area contributed by atoms with Crippen molar-refractivity contribution in [1.29, 1.82) is 0 Å². The third-order valence-electron chi connectivity index (χ3n) is 3.53. The van der Waals surface area contributed by atoms with E-state index in [0.29, 0.717) is 17.3 Å². The summed E-state index contributed by atoms with van der Waals surface area (Å²) in [5, 5.41) is -0.353. The van der Waals surface area contributed by atoms with Gasteiger partial charge in [0.15, 0.2) is 0 Å². The van der Waals surface area contributed by atoms with Crippen LogP contribution in [0.25, 0.3) is 0 Å². The topological polar surface area (TPSA) is 61.8 Å². The minimum atomic E-state index is -0.558. The number of rotatable bonds is 6. The molecule has 0 spiro atoms. The van der Waals surface area contributed by atoms with Crippen LogP contribution in [-0.2, 0) is 15.3 Å². The van der Waals surface area contributed by atoms with Crippen molar-refractivity contribution in [3.63, 3.8) is 0 Å². The molecule has 0 aliphatic rings. The van der Waals surface area contributed by atoms with Gasteiger partial charge in [0.2, 0.25) is 6.79 Å². The van der Waals surface area contributed by atoms with Crippen molar-refractivity contribution < 1.29 is 23.8 Å². The number of hydrogen-bond donors (Lipinski definition) is 0. The Kier molecular flexibility index (Phi) is 7.30. The van der Waals surface area contributed by atoms with E-state index in [2.05, 4.69) is 0 Å². The predicted octanol–water partition coefficient (Wildman–Crippen LogP) is 5.35. The number of benzene rings is 2. The standard InChI is InChI=1S/C21H24O5S/c1-15-5-9-18(10-6-15)26-20(23)27-13-16-7-11-17(12-8-16)24-14-25-19(22)21(2,3)4/h5-12H,13-14H2,1-4H3. The van der Waals surface area contributed by atoms with Crippen molar-refractivity contribution in [2.24, 2.45) is 5.41 Å². The van der Waals surface area contributed by atoms with Crippen molar-refractivity contribution in [2.45, 2.75) is 33.4 Å². The molecule has 0 aliphatic carbocycles. The molecule has 0 amide bonds. The monoisotopic (exact) mass is 388 g/mol. The zero-order chi connectivity index (χ0) is 19.9. The van der Waals surface area contributed by atoms with E-state index in [-0.39, 0.29) is 18.1 Å². The van der Waals surface area contributed by atoms with E-state index in [0.717, 1.165) is 22.9 Å². The third-order valence-corrected chi connectivity index (χ3v) is 4.33. The third kappa shape index (κ3) is 7.35. The minimum Gasteiger partial charge on any atom is -0.457 e. The van der Waals surface area contributed by atoms with Gasteiger partial charge in [0.1, 0.15) is 11.5 Å². The molecule has 5 nitrogen and oxygen atoms in total. The molecule has 2 aromatic carbocycles. The van der Waals surface area contributed by atoms with Crippen molar-refractivity contribution in [3.05, 3.63) is 59.7 Å². The van der Waals surface area contributed by atoms with Gasteiger partial charge in [0.25, 0.3) is 0 Å². The molecule has 0 aliphatic heterocycles. The van der Waals surface area contributed by atoms with Gasteiger partial charge in [-0.3, -0.25) is 4.79 Å². The average Bonchev–Trinajstić information content (AvgIpc) is 2.62. The Labute approximate surface area is 164 Å². The maximum absolute atomic E-state index is 11.9. The molecular weight excluding hydrogens is 364 g/mol. The van der Waals surface area contributed by atoms with E-state index >= 15 is 0 Å². The second-order valence-electron chi connectivity index (χ2n) is 7.04. The molecular formula is C21H24O5S. The predicted molar refractivity (Wildman–Crippen MR) is 106 cm³/mol. The Bertz CT molecular complexity index is 761. The maximum Gasteiger partial charge on any atom is 0.373 e. The highest BCUT2D eigenvalue weighted by atomic mass is 32.2. The molecule has 144 valence electrons. The fraction of sp³-hybridized carbons (Fsp3) is 0.333. The Balaban J connectivity index is 1.74. The molecule has 6 heteroatoms. The van der Waals surface area contributed by atoms with Gasteiger partial charge in [-0.2, -0.15) is 0 Å². The van der Waals surface area contributed by atoms with Crippen molar-refractivity contribution in [1.82, 2.24) is 0 Å². The van der Waals surface area contributed by atoms with Gasteiger partial charge < -0.3 is 14.2 Å². The first-order chi connectivity index (χ1) is 12.7. The number of carbonyl (C=O) groups excluding carboxylic acids is 2. The quantitative estimate of drug-likeness (QED) is 0.491. The second-order valence-corrected chi connectivity index (χ2v) is 7.95. The van der Waals surface area contributed by atoms with E-state index in [9.17, 15) is 9.59 Å². The highest BCUT2D eigenvalue weighted by Gasteiger charge is 2.22. The minimum absolute atomic E-state index is 0.132. The molecule has 0 aromatic heterocycles. The Morgan fingerprint density at radius 3 is 2.11 bits per heavy atom. The van der Waals surface area contributed by atoms with Crippen LogP contribution < -0.4 is 9.47 Å². The van der Waals surface area contributed by atoms with E-state index in [1.165, 1.54) is 0 Å². The van der Waals surface area contributed by atoms with Crippen molar-refractivity contribution in [2.75, 3.05) is 6.79 Å². The first kappa shape index (κ1) is 20.8. The SMILES string of the molecule is Cc1ccc(OC(=O)SCc2ccc(OCOC(=O)C(C)(C)C)cc2)cc1. The molecule has 0 fully saturated rings. The molecule has 0 N–H and O–H groups in total. The number of hydrogen-bond acceptors (Lipinski definition) is 6. The average molecular weight is 388 g/mol. The summed E-state index contributed by atoms with van der Waals surface area (Å²) >= 11 is 1.09. The van der Waals surface area contributed by atoms with Crippen LogP contribution in [-0.4, -0.2) is 18.1 Å². The highest BCUT2D eigenvalue weighted by Crippen LogP contribution is 2.21. The fourth-order valence-corrected chi connectivity index (χ4v) is 2.56. The van der Waals surface area contributed by atoms with Gasteiger partial charge in [0.05, 0.1) is 5.41 Å². The molecule has 2 aromatic rings. The summed E-state index contributed by atoms with van der Waals surface area (Å²) in [6.07, 6.45) is 0. The lowest BCUT2D eigenvalue weighted by atomic mass is 9.98. The maximum atomic E-state index is 11.9. The van der Waals surface area contributed by atoms with Gasteiger partial charge in [-0.05, 0) is 69.3 Å². The summed E-state index contributed by atoms with van der Waals surface area (Å²) in [5.41, 5.74) is 1.51. The molecule has 0 radical (unpaired) electrons. The number of aryl methyl sites for hydroxylation is 1. The summed E-state index contributed by atoms with van der Waals surface area (Å²) in [5.74, 6) is 1.30. The summed E-state index contributed by atoms with van der Waals surface area (Å²) in [7, 11) is 0. The summed E-state index contributed by atoms with van der Waals surface area (Å²) < 4.78 is 15.7. The summed E-state index contributed by atoms with van der Waals surface area (Å²) in [6.45, 7) is 7.19. The summed E-state index contributed by atoms with van der Waals surface area (Å²) in [4.78, 5) is 23.5. The van der Waals surface area contributed by atoms with E-state index < -0.39 is 5.41 Å². The number of esters is 1. The largest absolute Gasteiger partial charge is 0.457 e. The molecule has 0 unspecified atom stereocenters. The van der Waals surface area contributed by atoms with Gasteiger partial charge >= 0.3 is 11.3 Å².